The number of hydrogen-bond acceptors (Lipinski definition) is 6. The first-order valence-electron chi connectivity index (χ1n) is 11.1. The lowest BCUT2D eigenvalue weighted by Crippen LogP contribution is -2.43. The summed E-state index contributed by atoms with van der Waals surface area (Å²) >= 11 is 0. The molecular weight excluding hydrogens is 396 g/mol. The maximum atomic E-state index is 12.4. The average molecular weight is 429 g/mol. The van der Waals surface area contributed by atoms with Crippen LogP contribution in [0, 0.1) is 5.92 Å². The molecule has 0 radical (unpaired) electrons. The van der Waals surface area contributed by atoms with Gasteiger partial charge in [-0.2, -0.15) is 4.98 Å². The van der Waals surface area contributed by atoms with Gasteiger partial charge in [0.15, 0.2) is 5.82 Å². The highest BCUT2D eigenvalue weighted by Gasteiger charge is 2.27. The maximum Gasteiger partial charge on any atom is 0.226 e. The molecule has 1 aliphatic heterocycles. The lowest BCUT2D eigenvalue weighted by atomic mass is 9.95. The SMILES string of the molecule is CC(C)c1noc(CCCNC(=O)C2CCN(C(=O)CCOc3ccccc3)CC2)n1. The Morgan fingerprint density at radius 3 is 2.65 bits per heavy atom. The molecule has 1 aliphatic rings. The molecule has 0 atom stereocenters. The summed E-state index contributed by atoms with van der Waals surface area (Å²) in [5.41, 5.74) is 0. The van der Waals surface area contributed by atoms with Crippen LogP contribution in [0.25, 0.3) is 0 Å². The Balaban J connectivity index is 1.28. The number of aromatic nitrogens is 2. The summed E-state index contributed by atoms with van der Waals surface area (Å²) in [7, 11) is 0. The minimum Gasteiger partial charge on any atom is -0.493 e. The van der Waals surface area contributed by atoms with E-state index < -0.39 is 0 Å². The standard InChI is InChI=1S/C23H32N4O4/c1-17(2)22-25-20(31-26-22)9-6-13-24-23(29)18-10-14-27(15-11-18)21(28)12-16-30-19-7-4-3-5-8-19/h3-5,7-8,17-18H,6,9-16H2,1-2H3,(H,24,29). The van der Waals surface area contributed by atoms with Gasteiger partial charge >= 0.3 is 0 Å². The van der Waals surface area contributed by atoms with Crippen molar-refractivity contribution in [1.29, 1.82) is 0 Å². The van der Waals surface area contributed by atoms with E-state index in [1.165, 1.54) is 0 Å². The first-order valence-corrected chi connectivity index (χ1v) is 11.1. The number of para-hydroxylation sites is 1. The summed E-state index contributed by atoms with van der Waals surface area (Å²) in [6.07, 6.45) is 3.14. The fourth-order valence-electron chi connectivity index (χ4n) is 3.52. The maximum absolute atomic E-state index is 12.4. The molecule has 168 valence electrons. The fraction of sp³-hybridized carbons (Fsp3) is 0.565. The highest BCUT2D eigenvalue weighted by atomic mass is 16.5. The summed E-state index contributed by atoms with van der Waals surface area (Å²) in [4.78, 5) is 31.0. The van der Waals surface area contributed by atoms with Gasteiger partial charge in [-0.3, -0.25) is 9.59 Å². The van der Waals surface area contributed by atoms with Crippen molar-refractivity contribution in [3.8, 4) is 5.75 Å². The molecule has 1 fully saturated rings. The second-order valence-corrected chi connectivity index (χ2v) is 8.16. The van der Waals surface area contributed by atoms with E-state index in [4.69, 9.17) is 9.26 Å². The van der Waals surface area contributed by atoms with Crippen molar-refractivity contribution < 1.29 is 18.8 Å². The molecule has 2 amide bonds. The number of benzene rings is 1. The van der Waals surface area contributed by atoms with Gasteiger partial charge in [-0.25, -0.2) is 0 Å². The van der Waals surface area contributed by atoms with Crippen LogP contribution in [-0.2, 0) is 16.0 Å². The zero-order chi connectivity index (χ0) is 22.1. The van der Waals surface area contributed by atoms with Gasteiger partial charge < -0.3 is 19.5 Å². The van der Waals surface area contributed by atoms with Crippen LogP contribution in [0.3, 0.4) is 0 Å². The molecule has 1 aromatic heterocycles. The largest absolute Gasteiger partial charge is 0.493 e. The van der Waals surface area contributed by atoms with Gasteiger partial charge in [-0.1, -0.05) is 37.2 Å². The Hall–Kier alpha value is -2.90. The average Bonchev–Trinajstić information content (AvgIpc) is 3.27. The number of carbonyl (C=O) groups is 2. The third kappa shape index (κ3) is 7.08. The Bertz CT molecular complexity index is 829. The number of nitrogens with zero attached hydrogens (tertiary/aromatic N) is 3. The topological polar surface area (TPSA) is 97.6 Å². The molecule has 0 saturated carbocycles. The van der Waals surface area contributed by atoms with Crippen LogP contribution < -0.4 is 10.1 Å². The lowest BCUT2D eigenvalue weighted by Gasteiger charge is -2.31. The Labute approximate surface area is 183 Å². The van der Waals surface area contributed by atoms with Crippen molar-refractivity contribution >= 4 is 11.8 Å². The van der Waals surface area contributed by atoms with Gasteiger partial charge in [-0.05, 0) is 31.4 Å². The molecule has 0 bridgehead atoms. The van der Waals surface area contributed by atoms with E-state index in [0.29, 0.717) is 63.6 Å². The second kappa shape index (κ2) is 11.5. The number of ether oxygens (including phenoxy) is 1. The molecule has 31 heavy (non-hydrogen) atoms. The van der Waals surface area contributed by atoms with Crippen LogP contribution in [-0.4, -0.2) is 53.1 Å². The van der Waals surface area contributed by atoms with E-state index >= 15 is 0 Å². The number of nitrogens with one attached hydrogen (secondary N) is 1. The zero-order valence-corrected chi connectivity index (χ0v) is 18.4. The number of hydrogen-bond donors (Lipinski definition) is 1. The Kier molecular flexibility index (Phi) is 8.44. The number of likely N-dealkylation sites (tertiary alicyclic amines) is 1. The van der Waals surface area contributed by atoms with E-state index in [0.717, 1.165) is 12.2 Å². The predicted molar refractivity (Wildman–Crippen MR) is 116 cm³/mol. The molecular formula is C23H32N4O4. The van der Waals surface area contributed by atoms with Crippen LogP contribution in [0.15, 0.2) is 34.9 Å². The second-order valence-electron chi connectivity index (χ2n) is 8.16. The highest BCUT2D eigenvalue weighted by molar-refractivity contribution is 5.80. The Morgan fingerprint density at radius 1 is 1.23 bits per heavy atom. The summed E-state index contributed by atoms with van der Waals surface area (Å²) < 4.78 is 10.8. The van der Waals surface area contributed by atoms with Crippen LogP contribution in [0.4, 0.5) is 0 Å². The minimum absolute atomic E-state index is 0.0411. The van der Waals surface area contributed by atoms with Crippen LogP contribution in [0.5, 0.6) is 5.75 Å². The third-order valence-electron chi connectivity index (χ3n) is 5.41. The summed E-state index contributed by atoms with van der Waals surface area (Å²) in [5, 5.41) is 6.94. The van der Waals surface area contributed by atoms with Crippen molar-refractivity contribution in [3.63, 3.8) is 0 Å². The highest BCUT2D eigenvalue weighted by Crippen LogP contribution is 2.18. The third-order valence-corrected chi connectivity index (χ3v) is 5.41. The van der Waals surface area contributed by atoms with Crippen molar-refractivity contribution in [1.82, 2.24) is 20.4 Å². The summed E-state index contributed by atoms with van der Waals surface area (Å²) in [6.45, 7) is 6.21. The Morgan fingerprint density at radius 2 is 1.97 bits per heavy atom. The molecule has 3 rings (SSSR count). The molecule has 0 unspecified atom stereocenters. The van der Waals surface area contributed by atoms with Crippen LogP contribution in [0.1, 0.15) is 57.2 Å². The molecule has 8 heteroatoms. The molecule has 8 nitrogen and oxygen atoms in total. The molecule has 2 aromatic rings. The molecule has 2 heterocycles. The van der Waals surface area contributed by atoms with E-state index in [-0.39, 0.29) is 23.7 Å². The minimum atomic E-state index is -0.0411. The van der Waals surface area contributed by atoms with Crippen molar-refractivity contribution in [2.24, 2.45) is 5.92 Å². The van der Waals surface area contributed by atoms with Gasteiger partial charge in [0.2, 0.25) is 17.7 Å². The van der Waals surface area contributed by atoms with Gasteiger partial charge in [-0.15, -0.1) is 0 Å². The molecule has 1 saturated heterocycles. The van der Waals surface area contributed by atoms with Crippen LogP contribution >= 0.6 is 0 Å². The predicted octanol–water partition coefficient (Wildman–Crippen LogP) is 2.95. The van der Waals surface area contributed by atoms with Crippen molar-refractivity contribution in [3.05, 3.63) is 42.0 Å². The summed E-state index contributed by atoms with van der Waals surface area (Å²) in [5.74, 6) is 2.44. The smallest absolute Gasteiger partial charge is 0.226 e. The number of piperidine rings is 1. The normalized spacial score (nSPS) is 14.6. The molecule has 1 N–H and O–H groups in total. The van der Waals surface area contributed by atoms with Crippen molar-refractivity contribution in [2.75, 3.05) is 26.2 Å². The summed E-state index contributed by atoms with van der Waals surface area (Å²) in [6, 6.07) is 9.48. The molecule has 0 spiro atoms. The monoisotopic (exact) mass is 428 g/mol. The fourth-order valence-corrected chi connectivity index (χ4v) is 3.52. The number of aryl methyl sites for hydroxylation is 1. The van der Waals surface area contributed by atoms with E-state index in [9.17, 15) is 9.59 Å². The first kappa shape index (κ1) is 22.8. The molecule has 1 aromatic carbocycles. The first-order chi connectivity index (χ1) is 15.0. The molecule has 0 aliphatic carbocycles. The number of rotatable bonds is 10. The van der Waals surface area contributed by atoms with E-state index in [1.807, 2.05) is 49.1 Å². The quantitative estimate of drug-likeness (QED) is 0.585. The van der Waals surface area contributed by atoms with Gasteiger partial charge in [0, 0.05) is 37.9 Å². The van der Waals surface area contributed by atoms with Crippen LogP contribution in [0.2, 0.25) is 0 Å². The van der Waals surface area contributed by atoms with E-state index in [2.05, 4.69) is 15.5 Å². The van der Waals surface area contributed by atoms with Gasteiger partial charge in [0.05, 0.1) is 13.0 Å². The lowest BCUT2D eigenvalue weighted by molar-refractivity contribution is -0.136. The van der Waals surface area contributed by atoms with E-state index in [1.54, 1.807) is 0 Å². The number of carbonyl (C=O) groups excluding carboxylic acids is 2. The number of amides is 2. The zero-order valence-electron chi connectivity index (χ0n) is 18.4. The van der Waals surface area contributed by atoms with Gasteiger partial charge in [0.25, 0.3) is 0 Å². The van der Waals surface area contributed by atoms with Gasteiger partial charge in [0.1, 0.15) is 5.75 Å². The van der Waals surface area contributed by atoms with Crippen molar-refractivity contribution in [2.45, 2.75) is 51.9 Å².